The van der Waals surface area contributed by atoms with Gasteiger partial charge < -0.3 is 10.1 Å². The molecule has 0 aromatic heterocycles. The monoisotopic (exact) mass is 283 g/mol. The minimum absolute atomic E-state index is 0.215. The van der Waals surface area contributed by atoms with Gasteiger partial charge in [-0.05, 0) is 26.0 Å². The van der Waals surface area contributed by atoms with Crippen LogP contribution >= 0.6 is 0 Å². The molecule has 1 aromatic carbocycles. The van der Waals surface area contributed by atoms with E-state index in [0.717, 1.165) is 5.56 Å². The van der Waals surface area contributed by atoms with Crippen molar-refractivity contribution in [3.8, 4) is 0 Å². The molecule has 4 nitrogen and oxygen atoms in total. The molecule has 0 bridgehead atoms. The van der Waals surface area contributed by atoms with Crippen molar-refractivity contribution < 1.29 is 13.2 Å². The van der Waals surface area contributed by atoms with Gasteiger partial charge in [0.15, 0.2) is 9.84 Å². The maximum atomic E-state index is 12.8. The molecule has 1 heterocycles. The van der Waals surface area contributed by atoms with E-state index >= 15 is 0 Å². The van der Waals surface area contributed by atoms with Gasteiger partial charge in [0.25, 0.3) is 0 Å². The maximum absolute atomic E-state index is 12.8. The van der Waals surface area contributed by atoms with Crippen molar-refractivity contribution in [2.24, 2.45) is 0 Å². The molecule has 0 radical (unpaired) electrons. The minimum atomic E-state index is -3.25. The van der Waals surface area contributed by atoms with Crippen LogP contribution < -0.4 is 5.32 Å². The van der Waals surface area contributed by atoms with E-state index in [-0.39, 0.29) is 6.10 Å². The van der Waals surface area contributed by atoms with Gasteiger partial charge in [0.1, 0.15) is 0 Å². The Hall–Kier alpha value is -0.910. The quantitative estimate of drug-likeness (QED) is 0.890. The number of nitrogens with one attached hydrogen (secondary N) is 1. The summed E-state index contributed by atoms with van der Waals surface area (Å²) in [7, 11) is -1.47. The Morgan fingerprint density at radius 2 is 2.05 bits per heavy atom. The van der Waals surface area contributed by atoms with E-state index in [1.807, 2.05) is 37.3 Å². The lowest BCUT2D eigenvalue weighted by molar-refractivity contribution is 0.126. The molecule has 0 saturated carbocycles. The highest BCUT2D eigenvalue weighted by molar-refractivity contribution is 7.92. The molecule has 0 aliphatic carbocycles. The summed E-state index contributed by atoms with van der Waals surface area (Å²) < 4.78 is 31.0. The van der Waals surface area contributed by atoms with Gasteiger partial charge in [0, 0.05) is 13.2 Å². The summed E-state index contributed by atoms with van der Waals surface area (Å²) in [6.07, 6.45) is 0.379. The van der Waals surface area contributed by atoms with Crippen molar-refractivity contribution in [3.63, 3.8) is 0 Å². The van der Waals surface area contributed by atoms with Crippen LogP contribution in [0.15, 0.2) is 30.3 Å². The van der Waals surface area contributed by atoms with E-state index in [1.54, 1.807) is 7.05 Å². The third-order valence-corrected chi connectivity index (χ3v) is 6.38. The number of hydrogen-bond acceptors (Lipinski definition) is 4. The molecule has 106 valence electrons. The zero-order valence-corrected chi connectivity index (χ0v) is 12.2. The summed E-state index contributed by atoms with van der Waals surface area (Å²) in [6.45, 7) is 2.80. The van der Waals surface area contributed by atoms with Gasteiger partial charge in [-0.3, -0.25) is 0 Å². The van der Waals surface area contributed by atoms with Crippen LogP contribution in [0.3, 0.4) is 0 Å². The highest BCUT2D eigenvalue weighted by Crippen LogP contribution is 2.31. The van der Waals surface area contributed by atoms with Gasteiger partial charge in [-0.1, -0.05) is 30.3 Å². The van der Waals surface area contributed by atoms with Crippen molar-refractivity contribution in [2.75, 3.05) is 20.2 Å². The molecular weight excluding hydrogens is 262 g/mol. The van der Waals surface area contributed by atoms with Crippen LogP contribution in [-0.2, 0) is 14.6 Å². The molecule has 0 spiro atoms. The number of hydrogen-bond donors (Lipinski definition) is 1. The molecule has 2 rings (SSSR count). The lowest BCUT2D eigenvalue weighted by Crippen LogP contribution is -2.36. The van der Waals surface area contributed by atoms with E-state index in [2.05, 4.69) is 5.32 Å². The molecule has 1 N–H and O–H groups in total. The Kier molecular flexibility index (Phi) is 4.60. The van der Waals surface area contributed by atoms with Crippen molar-refractivity contribution in [1.29, 1.82) is 0 Å². The van der Waals surface area contributed by atoms with E-state index in [1.165, 1.54) is 0 Å². The highest BCUT2D eigenvalue weighted by Gasteiger charge is 2.41. The van der Waals surface area contributed by atoms with Gasteiger partial charge in [0.05, 0.1) is 16.6 Å². The summed E-state index contributed by atoms with van der Waals surface area (Å²) in [5, 5.41) is 2.09. The standard InChI is InChI=1S/C14H21NO3S/c1-11-13(8-9-18-11)19(16,17)14(10-15-2)12-6-4-3-5-7-12/h3-7,11,13-15H,8-10H2,1-2H3. The molecule has 3 unspecified atom stereocenters. The smallest absolute Gasteiger partial charge is 0.164 e. The number of rotatable bonds is 5. The van der Waals surface area contributed by atoms with Crippen LogP contribution in [0, 0.1) is 0 Å². The fourth-order valence-electron chi connectivity index (χ4n) is 2.63. The molecule has 19 heavy (non-hydrogen) atoms. The van der Waals surface area contributed by atoms with Crippen LogP contribution in [0.2, 0.25) is 0 Å². The zero-order chi connectivity index (χ0) is 13.9. The van der Waals surface area contributed by atoms with Crippen molar-refractivity contribution >= 4 is 9.84 Å². The maximum Gasteiger partial charge on any atom is 0.164 e. The topological polar surface area (TPSA) is 55.4 Å². The highest BCUT2D eigenvalue weighted by atomic mass is 32.2. The van der Waals surface area contributed by atoms with Crippen LogP contribution in [-0.4, -0.2) is 40.0 Å². The Bertz CT molecular complexity index is 501. The lowest BCUT2D eigenvalue weighted by Gasteiger charge is -2.23. The second kappa shape index (κ2) is 6.03. The second-order valence-electron chi connectivity index (χ2n) is 4.95. The lowest BCUT2D eigenvalue weighted by atomic mass is 10.1. The molecule has 1 saturated heterocycles. The van der Waals surface area contributed by atoms with E-state index < -0.39 is 20.3 Å². The SMILES string of the molecule is CNCC(c1ccccc1)S(=O)(=O)C1CCOC1C. The van der Waals surface area contributed by atoms with Gasteiger partial charge >= 0.3 is 0 Å². The van der Waals surface area contributed by atoms with E-state index in [9.17, 15) is 8.42 Å². The van der Waals surface area contributed by atoms with Gasteiger partial charge in [-0.25, -0.2) is 8.42 Å². The molecular formula is C14H21NO3S. The predicted octanol–water partition coefficient (Wildman–Crippen LogP) is 1.54. The number of likely N-dealkylation sites (N-methyl/N-ethyl adjacent to an activating group) is 1. The first-order chi connectivity index (χ1) is 9.07. The minimum Gasteiger partial charge on any atom is -0.377 e. The number of ether oxygens (including phenoxy) is 1. The summed E-state index contributed by atoms with van der Waals surface area (Å²) in [5.74, 6) is 0. The van der Waals surface area contributed by atoms with Crippen LogP contribution in [0.1, 0.15) is 24.2 Å². The summed E-state index contributed by atoms with van der Waals surface area (Å²) in [4.78, 5) is 0. The zero-order valence-electron chi connectivity index (χ0n) is 11.4. The fraction of sp³-hybridized carbons (Fsp3) is 0.571. The Morgan fingerprint density at radius 1 is 1.37 bits per heavy atom. The Balaban J connectivity index is 2.33. The van der Waals surface area contributed by atoms with Gasteiger partial charge in [-0.2, -0.15) is 0 Å². The third-order valence-electron chi connectivity index (χ3n) is 3.69. The van der Waals surface area contributed by atoms with E-state index in [0.29, 0.717) is 19.6 Å². The third kappa shape index (κ3) is 2.99. The molecule has 1 aliphatic heterocycles. The van der Waals surface area contributed by atoms with Crippen LogP contribution in [0.25, 0.3) is 0 Å². The van der Waals surface area contributed by atoms with Crippen molar-refractivity contribution in [1.82, 2.24) is 5.32 Å². The molecule has 1 fully saturated rings. The first-order valence-corrected chi connectivity index (χ1v) is 8.22. The molecule has 5 heteroatoms. The van der Waals surface area contributed by atoms with Crippen LogP contribution in [0.4, 0.5) is 0 Å². The van der Waals surface area contributed by atoms with E-state index in [4.69, 9.17) is 4.74 Å². The summed E-state index contributed by atoms with van der Waals surface area (Å²) in [5.41, 5.74) is 0.843. The summed E-state index contributed by atoms with van der Waals surface area (Å²) in [6, 6.07) is 9.40. The molecule has 3 atom stereocenters. The average Bonchev–Trinajstić information content (AvgIpc) is 2.84. The Labute approximate surface area is 115 Å². The first-order valence-electron chi connectivity index (χ1n) is 6.61. The molecule has 1 aliphatic rings. The average molecular weight is 283 g/mol. The largest absolute Gasteiger partial charge is 0.377 e. The summed E-state index contributed by atoms with van der Waals surface area (Å²) >= 11 is 0. The van der Waals surface area contributed by atoms with Gasteiger partial charge in [0.2, 0.25) is 0 Å². The first kappa shape index (κ1) is 14.5. The van der Waals surface area contributed by atoms with Gasteiger partial charge in [-0.15, -0.1) is 0 Å². The molecule has 1 aromatic rings. The number of benzene rings is 1. The molecule has 0 amide bonds. The Morgan fingerprint density at radius 3 is 2.58 bits per heavy atom. The van der Waals surface area contributed by atoms with Crippen molar-refractivity contribution in [2.45, 2.75) is 29.9 Å². The normalized spacial score (nSPS) is 25.4. The van der Waals surface area contributed by atoms with Crippen LogP contribution in [0.5, 0.6) is 0 Å². The predicted molar refractivity (Wildman–Crippen MR) is 75.8 cm³/mol. The number of sulfone groups is 1. The fourth-order valence-corrected chi connectivity index (χ4v) is 5.03. The second-order valence-corrected chi connectivity index (χ2v) is 7.30. The van der Waals surface area contributed by atoms with Crippen molar-refractivity contribution in [3.05, 3.63) is 35.9 Å².